The Balaban J connectivity index is 2.43. The third kappa shape index (κ3) is 2.93. The number of piperidine rings is 1. The lowest BCUT2D eigenvalue weighted by Gasteiger charge is -2.29. The average Bonchev–Trinajstić information content (AvgIpc) is 2.22. The zero-order valence-corrected chi connectivity index (χ0v) is 8.78. The number of likely N-dealkylation sites (tertiary alicyclic amines) is 1. The average molecular weight is 214 g/mol. The first-order valence-electron chi connectivity index (χ1n) is 4.67. The van der Waals surface area contributed by atoms with Gasteiger partial charge in [0.15, 0.2) is 0 Å². The molecular weight excluding hydrogens is 200 g/mol. The molecule has 6 heteroatoms. The van der Waals surface area contributed by atoms with Crippen LogP contribution >= 0.6 is 0 Å². The number of carbonyl (C=O) groups excluding carboxylic acids is 3. The summed E-state index contributed by atoms with van der Waals surface area (Å²) in [5.41, 5.74) is 0. The van der Waals surface area contributed by atoms with Gasteiger partial charge in [-0.25, -0.2) is 4.79 Å². The van der Waals surface area contributed by atoms with E-state index >= 15 is 0 Å². The summed E-state index contributed by atoms with van der Waals surface area (Å²) >= 11 is 0. The zero-order valence-electron chi connectivity index (χ0n) is 8.78. The summed E-state index contributed by atoms with van der Waals surface area (Å²) in [5.74, 6) is -1.61. The molecule has 1 rings (SSSR count). The van der Waals surface area contributed by atoms with E-state index in [1.807, 2.05) is 0 Å². The van der Waals surface area contributed by atoms with Crippen molar-refractivity contribution in [3.8, 4) is 0 Å². The molecule has 0 bridgehead atoms. The molecule has 1 heterocycles. The van der Waals surface area contributed by atoms with Gasteiger partial charge in [-0.05, 0) is 6.42 Å². The van der Waals surface area contributed by atoms with E-state index in [4.69, 9.17) is 0 Å². The van der Waals surface area contributed by atoms with E-state index in [1.165, 1.54) is 4.90 Å². The van der Waals surface area contributed by atoms with E-state index in [9.17, 15) is 14.4 Å². The third-order valence-electron chi connectivity index (χ3n) is 2.33. The first kappa shape index (κ1) is 11.5. The minimum absolute atomic E-state index is 0.0542. The minimum Gasteiger partial charge on any atom is -0.462 e. The maximum absolute atomic E-state index is 11.1. The van der Waals surface area contributed by atoms with E-state index in [1.54, 1.807) is 7.05 Å². The Morgan fingerprint density at radius 1 is 1.53 bits per heavy atom. The van der Waals surface area contributed by atoms with Gasteiger partial charge in [0.1, 0.15) is 0 Å². The summed E-state index contributed by atoms with van der Waals surface area (Å²) in [6, 6.07) is -0.167. The van der Waals surface area contributed by atoms with Crippen molar-refractivity contribution < 1.29 is 19.1 Å². The molecule has 84 valence electrons. The molecule has 1 unspecified atom stereocenters. The van der Waals surface area contributed by atoms with Crippen LogP contribution in [0, 0.1) is 0 Å². The number of nitrogens with zero attached hydrogens (tertiary/aromatic N) is 1. The summed E-state index contributed by atoms with van der Waals surface area (Å²) in [5, 5.41) is 2.51. The molecule has 1 atom stereocenters. The Labute approximate surface area is 87.6 Å². The smallest absolute Gasteiger partial charge is 0.396 e. The van der Waals surface area contributed by atoms with Crippen LogP contribution in [-0.2, 0) is 19.1 Å². The van der Waals surface area contributed by atoms with Crippen molar-refractivity contribution in [2.24, 2.45) is 0 Å². The molecule has 0 aromatic heterocycles. The van der Waals surface area contributed by atoms with Crippen LogP contribution in [-0.4, -0.2) is 49.4 Å². The molecule has 1 aliphatic heterocycles. The van der Waals surface area contributed by atoms with Crippen molar-refractivity contribution in [1.82, 2.24) is 10.2 Å². The van der Waals surface area contributed by atoms with Crippen molar-refractivity contribution in [3.05, 3.63) is 0 Å². The fraction of sp³-hybridized carbons (Fsp3) is 0.667. The van der Waals surface area contributed by atoms with Gasteiger partial charge in [0.05, 0.1) is 7.11 Å². The van der Waals surface area contributed by atoms with Gasteiger partial charge in [-0.15, -0.1) is 0 Å². The molecule has 1 saturated heterocycles. The highest BCUT2D eigenvalue weighted by Crippen LogP contribution is 2.09. The third-order valence-corrected chi connectivity index (χ3v) is 2.33. The standard InChI is InChI=1S/C9H14N2O4/c1-11-5-6(3-4-7(11)12)10-8(13)9(14)15-2/h6H,3-5H2,1-2H3,(H,10,13). The molecule has 0 saturated carbocycles. The molecule has 0 radical (unpaired) electrons. The van der Waals surface area contributed by atoms with Gasteiger partial charge in [-0.3, -0.25) is 9.59 Å². The van der Waals surface area contributed by atoms with Gasteiger partial charge in [-0.2, -0.15) is 0 Å². The van der Waals surface area contributed by atoms with Crippen molar-refractivity contribution >= 4 is 17.8 Å². The van der Waals surface area contributed by atoms with Gasteiger partial charge in [0.2, 0.25) is 5.91 Å². The predicted octanol–water partition coefficient (Wildman–Crippen LogP) is -1.10. The van der Waals surface area contributed by atoms with Gasteiger partial charge in [-0.1, -0.05) is 0 Å². The van der Waals surface area contributed by atoms with E-state index in [0.29, 0.717) is 19.4 Å². The first-order valence-corrected chi connectivity index (χ1v) is 4.67. The Morgan fingerprint density at radius 3 is 2.73 bits per heavy atom. The Bertz CT molecular complexity index is 290. The lowest BCUT2D eigenvalue weighted by atomic mass is 10.1. The maximum Gasteiger partial charge on any atom is 0.396 e. The molecule has 1 N–H and O–H groups in total. The summed E-state index contributed by atoms with van der Waals surface area (Å²) in [6.45, 7) is 0.432. The van der Waals surface area contributed by atoms with Gasteiger partial charge in [0, 0.05) is 26.1 Å². The summed E-state index contributed by atoms with van der Waals surface area (Å²) < 4.78 is 4.27. The second-order valence-corrected chi connectivity index (χ2v) is 3.47. The number of hydrogen-bond acceptors (Lipinski definition) is 4. The Morgan fingerprint density at radius 2 is 2.20 bits per heavy atom. The van der Waals surface area contributed by atoms with Crippen molar-refractivity contribution in [2.45, 2.75) is 18.9 Å². The molecular formula is C9H14N2O4. The first-order chi connectivity index (χ1) is 7.04. The summed E-state index contributed by atoms with van der Waals surface area (Å²) in [7, 11) is 2.82. The fourth-order valence-electron chi connectivity index (χ4n) is 1.47. The zero-order chi connectivity index (χ0) is 11.4. The second-order valence-electron chi connectivity index (χ2n) is 3.47. The van der Waals surface area contributed by atoms with E-state index in [0.717, 1.165) is 7.11 Å². The molecule has 0 aliphatic carbocycles. The molecule has 0 aromatic rings. The number of hydrogen-bond donors (Lipinski definition) is 1. The summed E-state index contributed by atoms with van der Waals surface area (Å²) in [6.07, 6.45) is 0.953. The van der Waals surface area contributed by atoms with Crippen LogP contribution in [0.15, 0.2) is 0 Å². The van der Waals surface area contributed by atoms with E-state index in [-0.39, 0.29) is 11.9 Å². The predicted molar refractivity (Wildman–Crippen MR) is 50.8 cm³/mol. The number of carbonyl (C=O) groups is 3. The number of rotatable bonds is 1. The number of likely N-dealkylation sites (N-methyl/N-ethyl adjacent to an activating group) is 1. The topological polar surface area (TPSA) is 75.7 Å². The fourth-order valence-corrected chi connectivity index (χ4v) is 1.47. The van der Waals surface area contributed by atoms with Gasteiger partial charge in [0.25, 0.3) is 0 Å². The number of methoxy groups -OCH3 is 1. The largest absolute Gasteiger partial charge is 0.462 e. The maximum atomic E-state index is 11.1. The summed E-state index contributed by atoms with van der Waals surface area (Å²) in [4.78, 5) is 34.6. The highest BCUT2D eigenvalue weighted by atomic mass is 16.5. The molecule has 6 nitrogen and oxygen atoms in total. The van der Waals surface area contributed by atoms with Gasteiger partial charge >= 0.3 is 11.9 Å². The van der Waals surface area contributed by atoms with Crippen LogP contribution in [0.2, 0.25) is 0 Å². The number of ether oxygens (including phenoxy) is 1. The van der Waals surface area contributed by atoms with Gasteiger partial charge < -0.3 is 15.0 Å². The normalized spacial score (nSPS) is 21.1. The van der Waals surface area contributed by atoms with Crippen molar-refractivity contribution in [3.63, 3.8) is 0 Å². The lowest BCUT2D eigenvalue weighted by Crippen LogP contribution is -2.50. The van der Waals surface area contributed by atoms with Crippen LogP contribution in [0.25, 0.3) is 0 Å². The van der Waals surface area contributed by atoms with Crippen molar-refractivity contribution in [1.29, 1.82) is 0 Å². The quantitative estimate of drug-likeness (QED) is 0.444. The molecule has 15 heavy (non-hydrogen) atoms. The molecule has 0 spiro atoms. The molecule has 1 fully saturated rings. The highest BCUT2D eigenvalue weighted by Gasteiger charge is 2.26. The SMILES string of the molecule is COC(=O)C(=O)NC1CCC(=O)N(C)C1. The lowest BCUT2D eigenvalue weighted by molar-refractivity contribution is -0.153. The van der Waals surface area contributed by atoms with Crippen LogP contribution in [0.3, 0.4) is 0 Å². The van der Waals surface area contributed by atoms with Crippen LogP contribution in [0.5, 0.6) is 0 Å². The van der Waals surface area contributed by atoms with E-state index < -0.39 is 11.9 Å². The molecule has 2 amide bonds. The minimum atomic E-state index is -0.908. The Hall–Kier alpha value is -1.59. The highest BCUT2D eigenvalue weighted by molar-refractivity contribution is 6.32. The number of nitrogens with one attached hydrogen (secondary N) is 1. The Kier molecular flexibility index (Phi) is 3.65. The van der Waals surface area contributed by atoms with Crippen LogP contribution in [0.1, 0.15) is 12.8 Å². The monoisotopic (exact) mass is 214 g/mol. The van der Waals surface area contributed by atoms with E-state index in [2.05, 4.69) is 10.1 Å². The molecule has 0 aromatic carbocycles. The van der Waals surface area contributed by atoms with Crippen LogP contribution < -0.4 is 5.32 Å². The second kappa shape index (κ2) is 4.77. The van der Waals surface area contributed by atoms with Crippen LogP contribution in [0.4, 0.5) is 0 Å². The van der Waals surface area contributed by atoms with Crippen molar-refractivity contribution in [2.75, 3.05) is 20.7 Å². The number of amides is 2. The molecule has 1 aliphatic rings. The number of esters is 1.